The van der Waals surface area contributed by atoms with Gasteiger partial charge >= 0.3 is 6.03 Å². The predicted octanol–water partition coefficient (Wildman–Crippen LogP) is 8.49. The molecule has 0 N–H and O–H groups in total. The molecule has 0 unspecified atom stereocenters. The molecule has 0 spiro atoms. The Labute approximate surface area is 294 Å². The molecule has 9 nitrogen and oxygen atoms in total. The number of nitrogens with zero attached hydrogens (tertiary/aromatic N) is 2. The van der Waals surface area contributed by atoms with Gasteiger partial charge in [-0.05, 0) is 78.2 Å². The second-order valence-corrected chi connectivity index (χ2v) is 11.5. The van der Waals surface area contributed by atoms with Crippen molar-refractivity contribution in [3.8, 4) is 23.0 Å². The van der Waals surface area contributed by atoms with E-state index in [9.17, 15) is 14.4 Å². The molecule has 5 aromatic rings. The van der Waals surface area contributed by atoms with Crippen LogP contribution in [0.3, 0.4) is 0 Å². The number of hydrogen-bond donors (Lipinski definition) is 0. The zero-order chi connectivity index (χ0) is 35.0. The molecule has 0 saturated carbocycles. The average Bonchev–Trinajstić information content (AvgIpc) is 3.14. The van der Waals surface area contributed by atoms with Crippen LogP contribution in [0.2, 0.25) is 5.02 Å². The normalized spacial score (nSPS) is 12.9. The molecule has 4 amide bonds. The summed E-state index contributed by atoms with van der Waals surface area (Å²) in [6.45, 7) is 2.88. The molecular weight excluding hydrogens is 656 g/mol. The standard InChI is InChI=1S/C40H33ClN2O7/c1-3-48-35-23-28(19-20-34(35)49-25-27-13-7-4-8-14-27)26-50-37-33(41)22-29(24-36(37)47-2)21-32-38(44)42(30-15-9-5-10-16-30)40(46)43(39(32)45)31-17-11-6-12-18-31/h4-24H,3,25-26H2,1-2H3. The smallest absolute Gasteiger partial charge is 0.343 e. The van der Waals surface area contributed by atoms with Crippen molar-refractivity contribution in [1.82, 2.24) is 0 Å². The van der Waals surface area contributed by atoms with Crippen molar-refractivity contribution in [2.24, 2.45) is 0 Å². The van der Waals surface area contributed by atoms with E-state index in [1.165, 1.54) is 13.2 Å². The van der Waals surface area contributed by atoms with Crippen LogP contribution >= 0.6 is 11.6 Å². The molecule has 0 bridgehead atoms. The summed E-state index contributed by atoms with van der Waals surface area (Å²) >= 11 is 6.72. The molecule has 5 aromatic carbocycles. The number of barbiturate groups is 1. The van der Waals surface area contributed by atoms with Crippen molar-refractivity contribution < 1.29 is 33.3 Å². The second-order valence-electron chi connectivity index (χ2n) is 11.1. The first-order valence-corrected chi connectivity index (χ1v) is 16.2. The monoisotopic (exact) mass is 688 g/mol. The van der Waals surface area contributed by atoms with Crippen molar-refractivity contribution in [3.63, 3.8) is 0 Å². The van der Waals surface area contributed by atoms with Crippen LogP contribution < -0.4 is 28.7 Å². The van der Waals surface area contributed by atoms with Gasteiger partial charge in [-0.25, -0.2) is 14.6 Å². The van der Waals surface area contributed by atoms with E-state index < -0.39 is 17.8 Å². The molecule has 1 saturated heterocycles. The molecule has 252 valence electrons. The number of methoxy groups -OCH3 is 1. The van der Waals surface area contributed by atoms with Gasteiger partial charge in [0.1, 0.15) is 18.8 Å². The average molecular weight is 689 g/mol. The topological polar surface area (TPSA) is 94.6 Å². The molecule has 1 heterocycles. The Morgan fingerprint density at radius 2 is 1.20 bits per heavy atom. The summed E-state index contributed by atoms with van der Waals surface area (Å²) < 4.78 is 23.6. The lowest BCUT2D eigenvalue weighted by Crippen LogP contribution is -2.57. The molecule has 0 aromatic heterocycles. The van der Waals surface area contributed by atoms with Crippen LogP contribution in [0.4, 0.5) is 16.2 Å². The maximum Gasteiger partial charge on any atom is 0.343 e. The van der Waals surface area contributed by atoms with Gasteiger partial charge in [-0.15, -0.1) is 0 Å². The van der Waals surface area contributed by atoms with Gasteiger partial charge < -0.3 is 18.9 Å². The molecule has 1 aliphatic rings. The van der Waals surface area contributed by atoms with Crippen LogP contribution in [0.1, 0.15) is 23.6 Å². The van der Waals surface area contributed by atoms with Gasteiger partial charge in [0, 0.05) is 0 Å². The third kappa shape index (κ3) is 7.33. The molecule has 1 aliphatic heterocycles. The molecule has 0 atom stereocenters. The molecule has 50 heavy (non-hydrogen) atoms. The Morgan fingerprint density at radius 3 is 1.78 bits per heavy atom. The van der Waals surface area contributed by atoms with Crippen LogP contribution in [0.15, 0.2) is 127 Å². The minimum atomic E-state index is -0.780. The molecule has 6 rings (SSSR count). The maximum atomic E-state index is 13.8. The highest BCUT2D eigenvalue weighted by molar-refractivity contribution is 6.46. The first-order valence-electron chi connectivity index (χ1n) is 15.9. The summed E-state index contributed by atoms with van der Waals surface area (Å²) in [5.74, 6) is 0.206. The van der Waals surface area contributed by atoms with Crippen molar-refractivity contribution in [3.05, 3.63) is 149 Å². The van der Waals surface area contributed by atoms with Crippen molar-refractivity contribution >= 4 is 46.9 Å². The number of amides is 4. The number of halogens is 1. The van der Waals surface area contributed by atoms with Gasteiger partial charge in [-0.2, -0.15) is 0 Å². The summed E-state index contributed by atoms with van der Waals surface area (Å²) in [5, 5.41) is 0.190. The number of urea groups is 1. The third-order valence-corrected chi connectivity index (χ3v) is 8.05. The van der Waals surface area contributed by atoms with Gasteiger partial charge in [-0.1, -0.05) is 84.4 Å². The number of rotatable bonds is 12. The van der Waals surface area contributed by atoms with Gasteiger partial charge in [0.05, 0.1) is 30.1 Å². The van der Waals surface area contributed by atoms with Crippen molar-refractivity contribution in [2.75, 3.05) is 23.5 Å². The lowest BCUT2D eigenvalue weighted by molar-refractivity contribution is -0.121. The summed E-state index contributed by atoms with van der Waals surface area (Å²) in [6.07, 6.45) is 1.39. The highest BCUT2D eigenvalue weighted by Gasteiger charge is 2.43. The largest absolute Gasteiger partial charge is 0.493 e. The third-order valence-electron chi connectivity index (χ3n) is 7.77. The van der Waals surface area contributed by atoms with Crippen molar-refractivity contribution in [1.29, 1.82) is 0 Å². The number of imide groups is 2. The molecule has 0 aliphatic carbocycles. The fourth-order valence-corrected chi connectivity index (χ4v) is 5.66. The van der Waals surface area contributed by atoms with E-state index >= 15 is 0 Å². The highest BCUT2D eigenvalue weighted by atomic mass is 35.5. The van der Waals surface area contributed by atoms with Gasteiger partial charge in [0.25, 0.3) is 11.8 Å². The summed E-state index contributed by atoms with van der Waals surface area (Å²) in [4.78, 5) is 43.1. The number of anilines is 2. The van der Waals surface area contributed by atoms with Crippen LogP contribution in [0.5, 0.6) is 23.0 Å². The van der Waals surface area contributed by atoms with E-state index in [0.29, 0.717) is 41.7 Å². The van der Waals surface area contributed by atoms with Crippen LogP contribution in [0, 0.1) is 0 Å². The Bertz CT molecular complexity index is 1970. The van der Waals surface area contributed by atoms with Crippen molar-refractivity contribution in [2.45, 2.75) is 20.1 Å². The maximum absolute atomic E-state index is 13.8. The van der Waals surface area contributed by atoms with E-state index in [4.69, 9.17) is 30.5 Å². The molecule has 0 radical (unpaired) electrons. The lowest BCUT2D eigenvalue weighted by Gasteiger charge is -2.34. The number of carbonyl (C=O) groups is 3. The first kappa shape index (κ1) is 33.8. The van der Waals surface area contributed by atoms with Gasteiger partial charge in [0.15, 0.2) is 23.0 Å². The minimum Gasteiger partial charge on any atom is -0.493 e. The fraction of sp³-hybridized carbons (Fsp3) is 0.125. The second kappa shape index (κ2) is 15.4. The van der Waals surface area contributed by atoms with Crippen LogP contribution in [-0.4, -0.2) is 31.6 Å². The SMILES string of the molecule is CCOc1cc(COc2c(Cl)cc(C=C3C(=O)N(c4ccccc4)C(=O)N(c4ccccc4)C3=O)cc2OC)ccc1OCc1ccccc1. The van der Waals surface area contributed by atoms with E-state index in [1.54, 1.807) is 72.8 Å². The highest BCUT2D eigenvalue weighted by Crippen LogP contribution is 2.39. The van der Waals surface area contributed by atoms with E-state index in [0.717, 1.165) is 20.9 Å². The number of carbonyl (C=O) groups excluding carboxylic acids is 3. The summed E-state index contributed by atoms with van der Waals surface area (Å²) in [5.41, 5.74) is 2.65. The Kier molecular flexibility index (Phi) is 10.4. The first-order chi connectivity index (χ1) is 24.4. The van der Waals surface area contributed by atoms with E-state index in [2.05, 4.69) is 0 Å². The fourth-order valence-electron chi connectivity index (χ4n) is 5.39. The van der Waals surface area contributed by atoms with Gasteiger partial charge in [0.2, 0.25) is 0 Å². The number of para-hydroxylation sites is 2. The lowest BCUT2D eigenvalue weighted by atomic mass is 10.0. The quantitative estimate of drug-likeness (QED) is 0.0958. The summed E-state index contributed by atoms with van der Waals surface area (Å²) in [7, 11) is 1.46. The zero-order valence-electron chi connectivity index (χ0n) is 27.4. The van der Waals surface area contributed by atoms with E-state index in [-0.39, 0.29) is 28.7 Å². The zero-order valence-corrected chi connectivity index (χ0v) is 28.1. The number of ether oxygens (including phenoxy) is 4. The van der Waals surface area contributed by atoms with Crippen LogP contribution in [0.25, 0.3) is 6.08 Å². The van der Waals surface area contributed by atoms with Gasteiger partial charge in [-0.3, -0.25) is 9.59 Å². The Morgan fingerprint density at radius 1 is 0.620 bits per heavy atom. The van der Waals surface area contributed by atoms with E-state index in [1.807, 2.05) is 55.5 Å². The molecule has 1 fully saturated rings. The molecule has 10 heteroatoms. The number of hydrogen-bond acceptors (Lipinski definition) is 7. The predicted molar refractivity (Wildman–Crippen MR) is 192 cm³/mol. The Hall–Kier alpha value is -6.06. The molecular formula is C40H33ClN2O7. The number of benzene rings is 5. The van der Waals surface area contributed by atoms with Crippen LogP contribution in [-0.2, 0) is 22.8 Å². The Balaban J connectivity index is 1.26. The summed E-state index contributed by atoms with van der Waals surface area (Å²) in [6, 6.07) is 34.7. The minimum absolute atomic E-state index is 0.132.